The first-order valence-electron chi connectivity index (χ1n) is 5.67. The van der Waals surface area contributed by atoms with E-state index < -0.39 is 0 Å². The highest BCUT2D eigenvalue weighted by Crippen LogP contribution is 2.10. The number of rotatable bonds is 4. The van der Waals surface area contributed by atoms with Crippen LogP contribution in [0.5, 0.6) is 0 Å². The smallest absolute Gasteiger partial charge is 0.228 e. The highest BCUT2D eigenvalue weighted by Gasteiger charge is 2.03. The average molecular weight is 239 g/mol. The third-order valence-corrected chi connectivity index (χ3v) is 2.51. The lowest BCUT2D eigenvalue weighted by Gasteiger charge is -2.05. The minimum Gasteiger partial charge on any atom is -0.326 e. The molecule has 2 aromatic carbocycles. The number of nitrogens with one attached hydrogen (secondary N) is 1. The summed E-state index contributed by atoms with van der Waals surface area (Å²) in [6, 6.07) is 16.4. The Hall–Kier alpha value is -2.42. The Morgan fingerprint density at radius 3 is 2.56 bits per heavy atom. The van der Waals surface area contributed by atoms with Crippen LogP contribution in [0.2, 0.25) is 0 Å². The summed E-state index contributed by atoms with van der Waals surface area (Å²) in [6.45, 7) is 0. The fourth-order valence-corrected chi connectivity index (χ4v) is 1.68. The van der Waals surface area contributed by atoms with Gasteiger partial charge in [-0.05, 0) is 17.7 Å². The average Bonchev–Trinajstić information content (AvgIpc) is 2.40. The Balaban J connectivity index is 2.01. The molecular weight excluding hydrogens is 226 g/mol. The molecule has 0 fully saturated rings. The first-order chi connectivity index (χ1) is 8.78. The maximum atomic E-state index is 11.8. The number of hydrogen-bond donors (Lipinski definition) is 1. The van der Waals surface area contributed by atoms with Crippen LogP contribution in [-0.2, 0) is 11.2 Å². The van der Waals surface area contributed by atoms with Gasteiger partial charge in [0.15, 0.2) is 0 Å². The summed E-state index contributed by atoms with van der Waals surface area (Å²) in [7, 11) is 0. The first-order valence-corrected chi connectivity index (χ1v) is 5.67. The summed E-state index contributed by atoms with van der Waals surface area (Å²) in [5.41, 5.74) is 2.15. The minimum atomic E-state index is -0.0933. The van der Waals surface area contributed by atoms with Gasteiger partial charge in [0.25, 0.3) is 0 Å². The molecule has 0 aliphatic rings. The van der Waals surface area contributed by atoms with Crippen molar-refractivity contribution < 1.29 is 9.59 Å². The minimum absolute atomic E-state index is 0.0933. The molecule has 0 spiro atoms. The highest BCUT2D eigenvalue weighted by atomic mass is 16.1. The first kappa shape index (κ1) is 12.0. The molecule has 2 aromatic rings. The molecule has 0 saturated heterocycles. The zero-order chi connectivity index (χ0) is 12.8. The molecule has 2 rings (SSSR count). The van der Waals surface area contributed by atoms with Gasteiger partial charge in [-0.3, -0.25) is 9.59 Å². The summed E-state index contributed by atoms with van der Waals surface area (Å²) >= 11 is 0. The van der Waals surface area contributed by atoms with Crippen LogP contribution >= 0.6 is 0 Å². The van der Waals surface area contributed by atoms with E-state index in [-0.39, 0.29) is 5.91 Å². The predicted octanol–water partition coefficient (Wildman–Crippen LogP) is 2.68. The topological polar surface area (TPSA) is 46.2 Å². The summed E-state index contributed by atoms with van der Waals surface area (Å²) < 4.78 is 0. The maximum Gasteiger partial charge on any atom is 0.228 e. The molecule has 3 heteroatoms. The van der Waals surface area contributed by atoms with Gasteiger partial charge in [-0.15, -0.1) is 0 Å². The number of benzene rings is 2. The van der Waals surface area contributed by atoms with Gasteiger partial charge in [-0.2, -0.15) is 0 Å². The van der Waals surface area contributed by atoms with Crippen LogP contribution in [0.1, 0.15) is 15.9 Å². The third-order valence-electron chi connectivity index (χ3n) is 2.51. The van der Waals surface area contributed by atoms with Crippen LogP contribution in [0.25, 0.3) is 0 Å². The Labute approximate surface area is 105 Å². The van der Waals surface area contributed by atoms with E-state index in [0.717, 1.165) is 11.8 Å². The number of anilines is 1. The van der Waals surface area contributed by atoms with Gasteiger partial charge in [-0.1, -0.05) is 42.5 Å². The van der Waals surface area contributed by atoms with Crippen molar-refractivity contribution in [3.8, 4) is 0 Å². The molecular formula is C15H13NO2. The Bertz CT molecular complexity index is 549. The monoisotopic (exact) mass is 239 g/mol. The van der Waals surface area contributed by atoms with Crippen molar-refractivity contribution in [1.82, 2.24) is 0 Å². The summed E-state index contributed by atoms with van der Waals surface area (Å²) in [4.78, 5) is 22.4. The van der Waals surface area contributed by atoms with E-state index in [1.807, 2.05) is 30.3 Å². The van der Waals surface area contributed by atoms with E-state index >= 15 is 0 Å². The normalized spacial score (nSPS) is 9.78. The quantitative estimate of drug-likeness (QED) is 0.834. The lowest BCUT2D eigenvalue weighted by atomic mass is 10.1. The molecule has 0 aliphatic carbocycles. The summed E-state index contributed by atoms with van der Waals surface area (Å²) in [5.74, 6) is -0.0933. The third kappa shape index (κ3) is 3.28. The van der Waals surface area contributed by atoms with E-state index in [1.54, 1.807) is 24.3 Å². The maximum absolute atomic E-state index is 11.8. The van der Waals surface area contributed by atoms with Crippen molar-refractivity contribution in [2.24, 2.45) is 0 Å². The van der Waals surface area contributed by atoms with Crippen molar-refractivity contribution in [2.75, 3.05) is 5.32 Å². The van der Waals surface area contributed by atoms with Crippen LogP contribution in [0.4, 0.5) is 5.69 Å². The van der Waals surface area contributed by atoms with Crippen molar-refractivity contribution in [3.63, 3.8) is 0 Å². The molecule has 1 amide bonds. The lowest BCUT2D eigenvalue weighted by molar-refractivity contribution is -0.115. The van der Waals surface area contributed by atoms with Gasteiger partial charge in [0.1, 0.15) is 6.29 Å². The zero-order valence-corrected chi connectivity index (χ0v) is 9.80. The SMILES string of the molecule is O=Cc1cccc(NC(=O)Cc2ccccc2)c1. The van der Waals surface area contributed by atoms with Crippen LogP contribution in [0.3, 0.4) is 0 Å². The number of hydrogen-bond acceptors (Lipinski definition) is 2. The second-order valence-electron chi connectivity index (χ2n) is 3.95. The van der Waals surface area contributed by atoms with Crippen LogP contribution in [0, 0.1) is 0 Å². The zero-order valence-electron chi connectivity index (χ0n) is 9.80. The van der Waals surface area contributed by atoms with Gasteiger partial charge < -0.3 is 5.32 Å². The van der Waals surface area contributed by atoms with Gasteiger partial charge in [0.2, 0.25) is 5.91 Å². The van der Waals surface area contributed by atoms with Crippen LogP contribution < -0.4 is 5.32 Å². The van der Waals surface area contributed by atoms with Crippen molar-refractivity contribution in [3.05, 3.63) is 65.7 Å². The molecule has 3 nitrogen and oxygen atoms in total. The number of aldehydes is 1. The molecule has 0 radical (unpaired) electrons. The second-order valence-corrected chi connectivity index (χ2v) is 3.95. The number of carbonyl (C=O) groups is 2. The molecule has 0 aromatic heterocycles. The number of amides is 1. The van der Waals surface area contributed by atoms with Gasteiger partial charge >= 0.3 is 0 Å². The van der Waals surface area contributed by atoms with E-state index in [0.29, 0.717) is 17.7 Å². The van der Waals surface area contributed by atoms with Crippen molar-refractivity contribution >= 4 is 17.9 Å². The summed E-state index contributed by atoms with van der Waals surface area (Å²) in [6.07, 6.45) is 1.08. The fourth-order valence-electron chi connectivity index (χ4n) is 1.68. The molecule has 0 atom stereocenters. The highest BCUT2D eigenvalue weighted by molar-refractivity contribution is 5.93. The molecule has 0 aliphatic heterocycles. The lowest BCUT2D eigenvalue weighted by Crippen LogP contribution is -2.14. The molecule has 0 heterocycles. The van der Waals surface area contributed by atoms with Crippen LogP contribution in [-0.4, -0.2) is 12.2 Å². The Morgan fingerprint density at radius 1 is 1.06 bits per heavy atom. The molecule has 1 N–H and O–H groups in total. The molecule has 18 heavy (non-hydrogen) atoms. The van der Waals surface area contributed by atoms with Crippen LogP contribution in [0.15, 0.2) is 54.6 Å². The predicted molar refractivity (Wildman–Crippen MR) is 70.6 cm³/mol. The van der Waals surface area contributed by atoms with E-state index in [1.165, 1.54) is 0 Å². The largest absolute Gasteiger partial charge is 0.326 e. The van der Waals surface area contributed by atoms with Gasteiger partial charge in [0.05, 0.1) is 6.42 Å². The van der Waals surface area contributed by atoms with Gasteiger partial charge in [0, 0.05) is 11.3 Å². The number of carbonyl (C=O) groups excluding carboxylic acids is 2. The van der Waals surface area contributed by atoms with Crippen molar-refractivity contribution in [1.29, 1.82) is 0 Å². The molecule has 90 valence electrons. The second kappa shape index (κ2) is 5.77. The molecule has 0 saturated carbocycles. The molecule has 0 unspecified atom stereocenters. The van der Waals surface area contributed by atoms with Crippen molar-refractivity contribution in [2.45, 2.75) is 6.42 Å². The van der Waals surface area contributed by atoms with E-state index in [4.69, 9.17) is 0 Å². The van der Waals surface area contributed by atoms with E-state index in [9.17, 15) is 9.59 Å². The fraction of sp³-hybridized carbons (Fsp3) is 0.0667. The summed E-state index contributed by atoms with van der Waals surface area (Å²) in [5, 5.41) is 2.77. The molecule has 0 bridgehead atoms. The van der Waals surface area contributed by atoms with E-state index in [2.05, 4.69) is 5.32 Å². The Morgan fingerprint density at radius 2 is 1.83 bits per heavy atom. The Kier molecular flexibility index (Phi) is 3.86. The standard InChI is InChI=1S/C15H13NO2/c17-11-13-7-4-8-14(9-13)16-15(18)10-12-5-2-1-3-6-12/h1-9,11H,10H2,(H,16,18). The van der Waals surface area contributed by atoms with Gasteiger partial charge in [-0.25, -0.2) is 0 Å².